The standard InChI is InChI=1S/C13H25NO2/c1-5-13(6-2,12(15)16)9-14-8-10(3)7-11(14)4/h10-11H,5-9H2,1-4H3,(H,15,16). The molecule has 1 heterocycles. The molecule has 0 bridgehead atoms. The first kappa shape index (κ1) is 13.5. The Morgan fingerprint density at radius 2 is 1.94 bits per heavy atom. The molecule has 0 aromatic rings. The summed E-state index contributed by atoms with van der Waals surface area (Å²) in [6.07, 6.45) is 2.63. The van der Waals surface area contributed by atoms with Gasteiger partial charge in [0.05, 0.1) is 5.41 Å². The van der Waals surface area contributed by atoms with Gasteiger partial charge in [-0.05, 0) is 32.1 Å². The maximum atomic E-state index is 11.4. The van der Waals surface area contributed by atoms with Crippen LogP contribution in [-0.2, 0) is 4.79 Å². The highest BCUT2D eigenvalue weighted by Crippen LogP contribution is 2.32. The molecule has 16 heavy (non-hydrogen) atoms. The lowest BCUT2D eigenvalue weighted by molar-refractivity contribution is -0.151. The van der Waals surface area contributed by atoms with Crippen molar-refractivity contribution in [2.75, 3.05) is 13.1 Å². The highest BCUT2D eigenvalue weighted by atomic mass is 16.4. The molecule has 94 valence electrons. The van der Waals surface area contributed by atoms with Crippen LogP contribution in [0.2, 0.25) is 0 Å². The molecule has 0 aromatic carbocycles. The second-order valence-corrected chi connectivity index (χ2v) is 5.41. The van der Waals surface area contributed by atoms with Gasteiger partial charge in [0.15, 0.2) is 0 Å². The van der Waals surface area contributed by atoms with Gasteiger partial charge in [0, 0.05) is 19.1 Å². The minimum atomic E-state index is -0.635. The number of rotatable bonds is 5. The van der Waals surface area contributed by atoms with Crippen LogP contribution in [0, 0.1) is 11.3 Å². The summed E-state index contributed by atoms with van der Waals surface area (Å²) in [5.74, 6) is 0.0689. The fourth-order valence-corrected chi connectivity index (χ4v) is 2.84. The van der Waals surface area contributed by atoms with Gasteiger partial charge in [0.2, 0.25) is 0 Å². The predicted octanol–water partition coefficient (Wildman–Crippen LogP) is 2.61. The molecule has 3 heteroatoms. The smallest absolute Gasteiger partial charge is 0.310 e. The first-order chi connectivity index (χ1) is 7.45. The van der Waals surface area contributed by atoms with Crippen LogP contribution in [0.5, 0.6) is 0 Å². The largest absolute Gasteiger partial charge is 0.481 e. The van der Waals surface area contributed by atoms with Gasteiger partial charge in [0.25, 0.3) is 0 Å². The highest BCUT2D eigenvalue weighted by molar-refractivity contribution is 5.74. The number of likely N-dealkylation sites (tertiary alicyclic amines) is 1. The normalized spacial score (nSPS) is 27.2. The number of aliphatic carboxylic acids is 1. The van der Waals surface area contributed by atoms with Crippen molar-refractivity contribution in [3.8, 4) is 0 Å². The van der Waals surface area contributed by atoms with Gasteiger partial charge in [-0.1, -0.05) is 20.8 Å². The third-order valence-corrected chi connectivity index (χ3v) is 4.23. The van der Waals surface area contributed by atoms with E-state index in [2.05, 4.69) is 18.7 Å². The minimum absolute atomic E-state index is 0.534. The summed E-state index contributed by atoms with van der Waals surface area (Å²) in [5.41, 5.74) is -0.543. The van der Waals surface area contributed by atoms with Crippen LogP contribution in [0.1, 0.15) is 47.0 Å². The molecular weight excluding hydrogens is 202 g/mol. The van der Waals surface area contributed by atoms with E-state index in [4.69, 9.17) is 0 Å². The Bertz CT molecular complexity index is 248. The SMILES string of the molecule is CCC(CC)(CN1CC(C)CC1C)C(=O)O. The summed E-state index contributed by atoms with van der Waals surface area (Å²) in [7, 11) is 0. The molecule has 0 radical (unpaired) electrons. The molecule has 0 amide bonds. The summed E-state index contributed by atoms with van der Waals surface area (Å²) in [6.45, 7) is 10.2. The van der Waals surface area contributed by atoms with Gasteiger partial charge in [-0.2, -0.15) is 0 Å². The van der Waals surface area contributed by atoms with E-state index >= 15 is 0 Å². The molecule has 1 saturated heterocycles. The molecule has 2 atom stereocenters. The zero-order valence-corrected chi connectivity index (χ0v) is 11.0. The Balaban J connectivity index is 2.72. The molecule has 1 aliphatic heterocycles. The van der Waals surface area contributed by atoms with Crippen LogP contribution < -0.4 is 0 Å². The zero-order valence-electron chi connectivity index (χ0n) is 11.0. The topological polar surface area (TPSA) is 40.5 Å². The van der Waals surface area contributed by atoms with Crippen LogP contribution >= 0.6 is 0 Å². The van der Waals surface area contributed by atoms with Crippen LogP contribution in [0.4, 0.5) is 0 Å². The van der Waals surface area contributed by atoms with E-state index in [1.54, 1.807) is 0 Å². The highest BCUT2D eigenvalue weighted by Gasteiger charge is 2.39. The second-order valence-electron chi connectivity index (χ2n) is 5.41. The Labute approximate surface area is 98.8 Å². The molecule has 1 fully saturated rings. The fraction of sp³-hybridized carbons (Fsp3) is 0.923. The van der Waals surface area contributed by atoms with E-state index in [1.165, 1.54) is 6.42 Å². The van der Waals surface area contributed by atoms with Crippen LogP contribution in [-0.4, -0.2) is 35.1 Å². The second kappa shape index (κ2) is 5.17. The number of carboxylic acid groups (broad SMARTS) is 1. The average Bonchev–Trinajstić information content (AvgIpc) is 2.53. The van der Waals surface area contributed by atoms with Gasteiger partial charge >= 0.3 is 5.97 Å². The van der Waals surface area contributed by atoms with Crippen molar-refractivity contribution in [2.45, 2.75) is 53.0 Å². The lowest BCUT2D eigenvalue weighted by Gasteiger charge is -2.33. The molecule has 0 aliphatic carbocycles. The van der Waals surface area contributed by atoms with Gasteiger partial charge in [0.1, 0.15) is 0 Å². The Morgan fingerprint density at radius 1 is 1.38 bits per heavy atom. The lowest BCUT2D eigenvalue weighted by Crippen LogP contribution is -2.43. The quantitative estimate of drug-likeness (QED) is 0.785. The lowest BCUT2D eigenvalue weighted by atomic mass is 9.81. The average molecular weight is 227 g/mol. The van der Waals surface area contributed by atoms with E-state index < -0.39 is 11.4 Å². The molecular formula is C13H25NO2. The summed E-state index contributed by atoms with van der Waals surface area (Å²) in [6, 6.07) is 0.534. The number of hydrogen-bond acceptors (Lipinski definition) is 2. The minimum Gasteiger partial charge on any atom is -0.481 e. The van der Waals surface area contributed by atoms with Crippen molar-refractivity contribution in [2.24, 2.45) is 11.3 Å². The maximum absolute atomic E-state index is 11.4. The zero-order chi connectivity index (χ0) is 12.3. The van der Waals surface area contributed by atoms with E-state index in [-0.39, 0.29) is 0 Å². The summed E-state index contributed by atoms with van der Waals surface area (Å²) in [4.78, 5) is 13.8. The molecule has 1 N–H and O–H groups in total. The molecule has 0 spiro atoms. The fourth-order valence-electron chi connectivity index (χ4n) is 2.84. The third-order valence-electron chi connectivity index (χ3n) is 4.23. The first-order valence-corrected chi connectivity index (χ1v) is 6.42. The van der Waals surface area contributed by atoms with Crippen LogP contribution in [0.3, 0.4) is 0 Å². The molecule has 1 aliphatic rings. The summed E-state index contributed by atoms with van der Waals surface area (Å²) in [5, 5.41) is 9.41. The molecule has 2 unspecified atom stereocenters. The number of hydrogen-bond donors (Lipinski definition) is 1. The summed E-state index contributed by atoms with van der Waals surface area (Å²) >= 11 is 0. The van der Waals surface area contributed by atoms with E-state index in [9.17, 15) is 9.90 Å². The van der Waals surface area contributed by atoms with E-state index in [1.807, 2.05) is 13.8 Å². The van der Waals surface area contributed by atoms with E-state index in [0.29, 0.717) is 18.5 Å². The van der Waals surface area contributed by atoms with Crippen molar-refractivity contribution < 1.29 is 9.90 Å². The van der Waals surface area contributed by atoms with Crippen molar-refractivity contribution in [1.82, 2.24) is 4.90 Å². The Morgan fingerprint density at radius 3 is 2.25 bits per heavy atom. The van der Waals surface area contributed by atoms with Crippen LogP contribution in [0.25, 0.3) is 0 Å². The molecule has 0 saturated carbocycles. The number of nitrogens with zero attached hydrogens (tertiary/aromatic N) is 1. The van der Waals surface area contributed by atoms with Gasteiger partial charge in [-0.3, -0.25) is 9.69 Å². The van der Waals surface area contributed by atoms with Crippen LogP contribution in [0.15, 0.2) is 0 Å². The first-order valence-electron chi connectivity index (χ1n) is 6.42. The molecule has 1 rings (SSSR count). The maximum Gasteiger partial charge on any atom is 0.310 e. The van der Waals surface area contributed by atoms with Crippen molar-refractivity contribution >= 4 is 5.97 Å². The van der Waals surface area contributed by atoms with Gasteiger partial charge < -0.3 is 5.11 Å². The van der Waals surface area contributed by atoms with E-state index in [0.717, 1.165) is 19.4 Å². The Hall–Kier alpha value is -0.570. The van der Waals surface area contributed by atoms with Gasteiger partial charge in [-0.25, -0.2) is 0 Å². The van der Waals surface area contributed by atoms with Crippen molar-refractivity contribution in [1.29, 1.82) is 0 Å². The third kappa shape index (κ3) is 2.57. The van der Waals surface area contributed by atoms with Crippen molar-refractivity contribution in [3.63, 3.8) is 0 Å². The molecule has 0 aromatic heterocycles. The van der Waals surface area contributed by atoms with Crippen molar-refractivity contribution in [3.05, 3.63) is 0 Å². The summed E-state index contributed by atoms with van der Waals surface area (Å²) < 4.78 is 0. The predicted molar refractivity (Wildman–Crippen MR) is 65.5 cm³/mol. The number of carboxylic acids is 1. The number of carbonyl (C=O) groups is 1. The Kier molecular flexibility index (Phi) is 4.36. The monoisotopic (exact) mass is 227 g/mol. The molecule has 3 nitrogen and oxygen atoms in total. The van der Waals surface area contributed by atoms with Gasteiger partial charge in [-0.15, -0.1) is 0 Å².